The molecule has 1 saturated carbocycles. The lowest BCUT2D eigenvalue weighted by Gasteiger charge is -2.29. The van der Waals surface area contributed by atoms with Crippen molar-refractivity contribution in [2.45, 2.75) is 50.4 Å². The number of rotatable bonds is 11. The summed E-state index contributed by atoms with van der Waals surface area (Å²) < 4.78 is 23.1. The third-order valence-corrected chi connectivity index (χ3v) is 6.69. The molecule has 1 aliphatic rings. The zero-order chi connectivity index (χ0) is 22.9. The molecule has 0 amide bonds. The van der Waals surface area contributed by atoms with Gasteiger partial charge in [-0.1, -0.05) is 43.0 Å². The van der Waals surface area contributed by atoms with Crippen LogP contribution in [0.25, 0.3) is 10.8 Å². The second-order valence-electron chi connectivity index (χ2n) is 8.93. The maximum Gasteiger partial charge on any atom is 0.335 e. The van der Waals surface area contributed by atoms with Gasteiger partial charge in [0, 0.05) is 13.0 Å². The molecular weight excluding hydrogens is 407 g/mol. The van der Waals surface area contributed by atoms with Gasteiger partial charge in [-0.3, -0.25) is 4.39 Å². The van der Waals surface area contributed by atoms with E-state index < -0.39 is 12.6 Å². The summed E-state index contributed by atoms with van der Waals surface area (Å²) >= 11 is 0. The molecule has 174 valence electrons. The Kier molecular flexibility index (Phi) is 9.24. The molecule has 0 aromatic heterocycles. The minimum absolute atomic E-state index is 0.0451. The lowest BCUT2D eigenvalue weighted by Crippen LogP contribution is -2.18. The molecule has 1 unspecified atom stereocenters. The summed E-state index contributed by atoms with van der Waals surface area (Å²) in [5, 5.41) is 11.4. The monoisotopic (exact) mass is 442 g/mol. The standard InChI is InChI=1S/C27H35FO4/c1-19(16-29)27(30)32-18-26(17-31-2)25-12-11-23-14-22(9-10-24(23)15-25)21-7-5-20(6-8-21)4-3-13-28/h9-12,14-15,20-21,26,29H,1,3-8,13,16-18H2,2H3. The average molecular weight is 443 g/mol. The Bertz CT molecular complexity index is 902. The van der Waals surface area contributed by atoms with Gasteiger partial charge in [0.15, 0.2) is 0 Å². The van der Waals surface area contributed by atoms with E-state index in [4.69, 9.17) is 14.6 Å². The Morgan fingerprint density at radius 1 is 1.12 bits per heavy atom. The van der Waals surface area contributed by atoms with Gasteiger partial charge in [0.25, 0.3) is 0 Å². The van der Waals surface area contributed by atoms with Crippen molar-refractivity contribution in [2.75, 3.05) is 33.6 Å². The van der Waals surface area contributed by atoms with Crippen molar-refractivity contribution in [1.29, 1.82) is 0 Å². The third kappa shape index (κ3) is 6.39. The van der Waals surface area contributed by atoms with Crippen LogP contribution in [0.2, 0.25) is 0 Å². The largest absolute Gasteiger partial charge is 0.462 e. The summed E-state index contributed by atoms with van der Waals surface area (Å²) in [7, 11) is 1.63. The number of carbonyl (C=O) groups is 1. The highest BCUT2D eigenvalue weighted by Gasteiger charge is 2.22. The van der Waals surface area contributed by atoms with Crippen molar-refractivity contribution in [3.63, 3.8) is 0 Å². The number of methoxy groups -OCH3 is 1. The second kappa shape index (κ2) is 12.1. The SMILES string of the molecule is C=C(CO)C(=O)OCC(COC)c1ccc2cc(C3CCC(CCCF)CC3)ccc2c1. The highest BCUT2D eigenvalue weighted by Crippen LogP contribution is 2.38. The maximum absolute atomic E-state index is 12.4. The van der Waals surface area contributed by atoms with Gasteiger partial charge in [-0.2, -0.15) is 0 Å². The topological polar surface area (TPSA) is 55.8 Å². The van der Waals surface area contributed by atoms with Crippen molar-refractivity contribution in [3.05, 3.63) is 59.7 Å². The molecule has 0 saturated heterocycles. The molecule has 1 N–H and O–H groups in total. The van der Waals surface area contributed by atoms with Crippen molar-refractivity contribution >= 4 is 16.7 Å². The van der Waals surface area contributed by atoms with E-state index in [1.54, 1.807) is 7.11 Å². The number of benzene rings is 2. The Labute approximate surface area is 190 Å². The molecule has 4 nitrogen and oxygen atoms in total. The number of aliphatic hydroxyl groups is 1. The predicted octanol–water partition coefficient (Wildman–Crippen LogP) is 5.69. The van der Waals surface area contributed by atoms with Crippen LogP contribution in [0, 0.1) is 5.92 Å². The van der Waals surface area contributed by atoms with Crippen LogP contribution in [0.5, 0.6) is 0 Å². The molecule has 3 rings (SSSR count). The molecule has 1 atom stereocenters. The Morgan fingerprint density at radius 3 is 2.53 bits per heavy atom. The Morgan fingerprint density at radius 2 is 1.84 bits per heavy atom. The highest BCUT2D eigenvalue weighted by atomic mass is 19.1. The van der Waals surface area contributed by atoms with Crippen LogP contribution in [-0.2, 0) is 14.3 Å². The molecule has 1 aliphatic carbocycles. The number of carbonyl (C=O) groups excluding carboxylic acids is 1. The first-order valence-electron chi connectivity index (χ1n) is 11.6. The van der Waals surface area contributed by atoms with Gasteiger partial charge in [-0.25, -0.2) is 4.79 Å². The first-order valence-corrected chi connectivity index (χ1v) is 11.6. The van der Waals surface area contributed by atoms with E-state index in [1.807, 2.05) is 0 Å². The van der Waals surface area contributed by atoms with Crippen LogP contribution < -0.4 is 0 Å². The van der Waals surface area contributed by atoms with E-state index in [1.165, 1.54) is 36.6 Å². The molecule has 0 heterocycles. The predicted molar refractivity (Wildman–Crippen MR) is 126 cm³/mol. The van der Waals surface area contributed by atoms with E-state index in [-0.39, 0.29) is 24.8 Å². The number of fused-ring (bicyclic) bond motifs is 1. The molecule has 32 heavy (non-hydrogen) atoms. The third-order valence-electron chi connectivity index (χ3n) is 6.69. The molecule has 2 aromatic carbocycles. The van der Waals surface area contributed by atoms with Crippen LogP contribution in [0.1, 0.15) is 61.5 Å². The lowest BCUT2D eigenvalue weighted by molar-refractivity contribution is -0.140. The number of aliphatic hydroxyl groups excluding tert-OH is 1. The number of hydrogen-bond donors (Lipinski definition) is 1. The fourth-order valence-corrected chi connectivity index (χ4v) is 4.73. The number of ether oxygens (including phenoxy) is 2. The van der Waals surface area contributed by atoms with E-state index in [2.05, 4.69) is 43.0 Å². The Balaban J connectivity index is 1.68. The first kappa shape index (κ1) is 24.4. The van der Waals surface area contributed by atoms with Crippen LogP contribution in [0.4, 0.5) is 4.39 Å². The van der Waals surface area contributed by atoms with Gasteiger partial charge in [-0.15, -0.1) is 0 Å². The molecule has 0 radical (unpaired) electrons. The number of alkyl halides is 1. The molecule has 1 fully saturated rings. The molecule has 5 heteroatoms. The summed E-state index contributed by atoms with van der Waals surface area (Å²) in [5.74, 6) is 0.588. The number of esters is 1. The quantitative estimate of drug-likeness (QED) is 0.359. The van der Waals surface area contributed by atoms with Gasteiger partial charge < -0.3 is 14.6 Å². The van der Waals surface area contributed by atoms with Gasteiger partial charge in [-0.05, 0) is 72.3 Å². The number of halogens is 1. The zero-order valence-electron chi connectivity index (χ0n) is 19.0. The fraction of sp³-hybridized carbons (Fsp3) is 0.519. The van der Waals surface area contributed by atoms with E-state index in [0.717, 1.165) is 17.4 Å². The summed E-state index contributed by atoms with van der Waals surface area (Å²) in [5.41, 5.74) is 2.48. The average Bonchev–Trinajstić information content (AvgIpc) is 2.84. The molecular formula is C27H35FO4. The Hall–Kier alpha value is -2.24. The minimum atomic E-state index is -0.585. The summed E-state index contributed by atoms with van der Waals surface area (Å²) in [6.07, 6.45) is 6.48. The second-order valence-corrected chi connectivity index (χ2v) is 8.93. The van der Waals surface area contributed by atoms with Crippen molar-refractivity contribution < 1.29 is 23.8 Å². The zero-order valence-corrected chi connectivity index (χ0v) is 19.0. The first-order chi connectivity index (χ1) is 15.5. The van der Waals surface area contributed by atoms with E-state index in [9.17, 15) is 9.18 Å². The van der Waals surface area contributed by atoms with E-state index >= 15 is 0 Å². The van der Waals surface area contributed by atoms with Gasteiger partial charge in [0.1, 0.15) is 6.61 Å². The summed E-state index contributed by atoms with van der Waals surface area (Å²) in [6.45, 7) is 3.49. The summed E-state index contributed by atoms with van der Waals surface area (Å²) in [6, 6.07) is 13.0. The smallest absolute Gasteiger partial charge is 0.335 e. The maximum atomic E-state index is 12.4. The minimum Gasteiger partial charge on any atom is -0.462 e. The highest BCUT2D eigenvalue weighted by molar-refractivity contribution is 5.88. The number of hydrogen-bond acceptors (Lipinski definition) is 4. The fourth-order valence-electron chi connectivity index (χ4n) is 4.73. The van der Waals surface area contributed by atoms with Gasteiger partial charge in [0.05, 0.1) is 25.5 Å². The molecule has 0 bridgehead atoms. The molecule has 0 aliphatic heterocycles. The van der Waals surface area contributed by atoms with Crippen LogP contribution in [0.3, 0.4) is 0 Å². The van der Waals surface area contributed by atoms with E-state index in [0.29, 0.717) is 24.9 Å². The molecule has 0 spiro atoms. The summed E-state index contributed by atoms with van der Waals surface area (Å²) in [4.78, 5) is 11.8. The lowest BCUT2D eigenvalue weighted by atomic mass is 9.77. The van der Waals surface area contributed by atoms with Crippen molar-refractivity contribution in [3.8, 4) is 0 Å². The van der Waals surface area contributed by atoms with Crippen LogP contribution in [0.15, 0.2) is 48.6 Å². The van der Waals surface area contributed by atoms with Gasteiger partial charge in [0.2, 0.25) is 0 Å². The van der Waals surface area contributed by atoms with Gasteiger partial charge >= 0.3 is 5.97 Å². The van der Waals surface area contributed by atoms with Crippen molar-refractivity contribution in [1.82, 2.24) is 0 Å². The van der Waals surface area contributed by atoms with Crippen LogP contribution >= 0.6 is 0 Å². The van der Waals surface area contributed by atoms with Crippen molar-refractivity contribution in [2.24, 2.45) is 5.92 Å². The van der Waals surface area contributed by atoms with Crippen LogP contribution in [-0.4, -0.2) is 44.7 Å². The normalized spacial score (nSPS) is 19.6. The molecule has 2 aromatic rings.